The van der Waals surface area contributed by atoms with Crippen LogP contribution in [0, 0.1) is 0 Å². The second-order valence-corrected chi connectivity index (χ2v) is 10.2. The van der Waals surface area contributed by atoms with Crippen molar-refractivity contribution in [1.82, 2.24) is 21.3 Å². The molecule has 12 nitrogen and oxygen atoms in total. The van der Waals surface area contributed by atoms with Crippen molar-refractivity contribution >= 4 is 11.8 Å². The van der Waals surface area contributed by atoms with Crippen LogP contribution >= 0.6 is 0 Å². The molecule has 0 radical (unpaired) electrons. The van der Waals surface area contributed by atoms with Gasteiger partial charge in [0.1, 0.15) is 18.3 Å². The molecule has 3 fully saturated rings. The van der Waals surface area contributed by atoms with Gasteiger partial charge < -0.3 is 50.8 Å². The predicted octanol–water partition coefficient (Wildman–Crippen LogP) is -1.84. The molecule has 208 valence electrons. The molecule has 12 heteroatoms. The maximum atomic E-state index is 12.8. The summed E-state index contributed by atoms with van der Waals surface area (Å²) in [5, 5.41) is 44.7. The number of allylic oxidation sites excluding steroid dienone is 3. The highest BCUT2D eigenvalue weighted by Gasteiger charge is 2.63. The van der Waals surface area contributed by atoms with Gasteiger partial charge in [-0.3, -0.25) is 9.59 Å². The third-order valence-corrected chi connectivity index (χ3v) is 7.60. The summed E-state index contributed by atoms with van der Waals surface area (Å²) in [4.78, 5) is 25.0. The Morgan fingerprint density at radius 3 is 2.49 bits per heavy atom. The van der Waals surface area contributed by atoms with Crippen LogP contribution in [-0.2, 0) is 23.8 Å². The van der Waals surface area contributed by atoms with E-state index in [4.69, 9.17) is 14.2 Å². The van der Waals surface area contributed by atoms with Crippen molar-refractivity contribution in [2.75, 3.05) is 20.6 Å². The van der Waals surface area contributed by atoms with Gasteiger partial charge in [-0.05, 0) is 45.9 Å². The zero-order chi connectivity index (χ0) is 26.7. The van der Waals surface area contributed by atoms with Gasteiger partial charge in [-0.1, -0.05) is 18.2 Å². The lowest BCUT2D eigenvalue weighted by Gasteiger charge is -2.58. The largest absolute Gasteiger partial charge is 0.390 e. The Morgan fingerprint density at radius 1 is 1.05 bits per heavy atom. The van der Waals surface area contributed by atoms with Crippen molar-refractivity contribution in [3.8, 4) is 0 Å². The van der Waals surface area contributed by atoms with Crippen LogP contribution in [0.4, 0.5) is 0 Å². The number of carbonyl (C=O) groups is 2. The van der Waals surface area contributed by atoms with E-state index in [0.29, 0.717) is 0 Å². The van der Waals surface area contributed by atoms with E-state index in [1.807, 2.05) is 18.2 Å². The summed E-state index contributed by atoms with van der Waals surface area (Å²) >= 11 is 0. The van der Waals surface area contributed by atoms with E-state index in [1.165, 1.54) is 0 Å². The van der Waals surface area contributed by atoms with Gasteiger partial charge in [0.2, 0.25) is 23.9 Å². The van der Waals surface area contributed by atoms with Crippen LogP contribution in [0.1, 0.15) is 39.0 Å². The zero-order valence-electron chi connectivity index (χ0n) is 21.6. The molecule has 2 amide bonds. The van der Waals surface area contributed by atoms with Gasteiger partial charge in [0.05, 0.1) is 36.8 Å². The van der Waals surface area contributed by atoms with Gasteiger partial charge in [0.15, 0.2) is 0 Å². The van der Waals surface area contributed by atoms with Crippen molar-refractivity contribution in [3.63, 3.8) is 0 Å². The second kappa shape index (κ2) is 11.9. The van der Waals surface area contributed by atoms with Crippen molar-refractivity contribution in [3.05, 3.63) is 23.8 Å². The van der Waals surface area contributed by atoms with Crippen LogP contribution in [0.5, 0.6) is 0 Å². The normalized spacial score (nSPS) is 41.2. The number of amides is 2. The number of carbonyl (C=O) groups excluding carboxylic acids is 2. The molecular formula is C25H40N4O8. The van der Waals surface area contributed by atoms with Crippen molar-refractivity contribution in [2.24, 2.45) is 0 Å². The highest BCUT2D eigenvalue weighted by atomic mass is 16.8. The predicted molar refractivity (Wildman–Crippen MR) is 132 cm³/mol. The first kappa shape index (κ1) is 28.1. The van der Waals surface area contributed by atoms with Gasteiger partial charge in [-0.15, -0.1) is 0 Å². The van der Waals surface area contributed by atoms with E-state index in [1.54, 1.807) is 21.0 Å². The Morgan fingerprint density at radius 2 is 1.81 bits per heavy atom. The average molecular weight is 525 g/mol. The molecule has 10 atom stereocenters. The molecule has 2 aliphatic carbocycles. The van der Waals surface area contributed by atoms with Crippen molar-refractivity contribution in [2.45, 2.75) is 99.8 Å². The van der Waals surface area contributed by atoms with E-state index in [9.17, 15) is 24.9 Å². The number of fused-ring (bicyclic) bond motifs is 2. The summed E-state index contributed by atoms with van der Waals surface area (Å²) in [7, 11) is 3.27. The molecule has 7 N–H and O–H groups in total. The fourth-order valence-corrected chi connectivity index (χ4v) is 5.65. The molecule has 4 rings (SSSR count). The summed E-state index contributed by atoms with van der Waals surface area (Å²) in [6.45, 7) is 1.94. The molecular weight excluding hydrogens is 484 g/mol. The van der Waals surface area contributed by atoms with Crippen LogP contribution in [-0.4, -0.2) is 108 Å². The number of rotatable bonds is 8. The summed E-state index contributed by atoms with van der Waals surface area (Å²) < 4.78 is 18.0. The quantitative estimate of drug-likeness (QED) is 0.191. The monoisotopic (exact) mass is 524 g/mol. The lowest BCUT2D eigenvalue weighted by Crippen LogP contribution is -2.79. The minimum Gasteiger partial charge on any atom is -0.390 e. The standard InChI is InChI=1S/C25H40N4O8/c1-13-11-15(29-16(30)9-10-28-17(31)12-14-7-5-4-6-8-14)25(34)24(35-13)36-23-21(33)18(26-2)20(32)19(27-3)22(23)37-25/h5,7-8,13,15,18-24,26-27,32-34H,4,6,9-12H2,1-3H3,(H,28,31)(H,29,30)/t13-,15?,18?,19?,20?,21+,22?,23?,24?,25?/m1/s1. The topological polar surface area (TPSA) is 171 Å². The van der Waals surface area contributed by atoms with Gasteiger partial charge >= 0.3 is 0 Å². The molecule has 0 aromatic rings. The van der Waals surface area contributed by atoms with Crippen LogP contribution in [0.2, 0.25) is 0 Å². The highest BCUT2D eigenvalue weighted by Crippen LogP contribution is 2.41. The first-order valence-corrected chi connectivity index (χ1v) is 13.0. The molecule has 2 saturated heterocycles. The highest BCUT2D eigenvalue weighted by molar-refractivity contribution is 5.81. The SMILES string of the molecule is CNC1C(O)C(NC)[C@H](O)C2OC3O[C@H](C)CC(NC(=O)CCNC(=O)CC4=CCCC=C4)C3(O)OC12. The van der Waals surface area contributed by atoms with Crippen molar-refractivity contribution in [1.29, 1.82) is 0 Å². The lowest BCUT2D eigenvalue weighted by molar-refractivity contribution is -0.449. The maximum absolute atomic E-state index is 12.8. The molecule has 2 heterocycles. The summed E-state index contributed by atoms with van der Waals surface area (Å²) in [6, 6.07) is -2.24. The molecule has 2 aliphatic heterocycles. The average Bonchev–Trinajstić information content (AvgIpc) is 2.85. The van der Waals surface area contributed by atoms with E-state index in [2.05, 4.69) is 21.3 Å². The smallest absolute Gasteiger partial charge is 0.239 e. The molecule has 37 heavy (non-hydrogen) atoms. The third kappa shape index (κ3) is 5.91. The molecule has 1 saturated carbocycles. The van der Waals surface area contributed by atoms with Gasteiger partial charge in [-0.2, -0.15) is 0 Å². The van der Waals surface area contributed by atoms with Crippen LogP contribution in [0.3, 0.4) is 0 Å². The first-order chi connectivity index (χ1) is 17.7. The van der Waals surface area contributed by atoms with Crippen molar-refractivity contribution < 1.29 is 39.1 Å². The number of hydrogen-bond acceptors (Lipinski definition) is 10. The Bertz CT molecular complexity index is 900. The number of ether oxygens (including phenoxy) is 3. The van der Waals surface area contributed by atoms with Crippen LogP contribution in [0.25, 0.3) is 0 Å². The Hall–Kier alpha value is -1.90. The summed E-state index contributed by atoms with van der Waals surface area (Å²) in [5.74, 6) is -2.59. The molecule has 0 spiro atoms. The maximum Gasteiger partial charge on any atom is 0.239 e. The van der Waals surface area contributed by atoms with Crippen LogP contribution < -0.4 is 21.3 Å². The zero-order valence-corrected chi connectivity index (χ0v) is 21.6. The van der Waals surface area contributed by atoms with E-state index in [0.717, 1.165) is 18.4 Å². The number of aliphatic hydroxyl groups is 3. The number of nitrogens with one attached hydrogen (secondary N) is 4. The number of hydrogen-bond donors (Lipinski definition) is 7. The molecule has 0 aromatic heterocycles. The second-order valence-electron chi connectivity index (χ2n) is 10.2. The molecule has 8 unspecified atom stereocenters. The lowest BCUT2D eigenvalue weighted by atomic mass is 9.79. The van der Waals surface area contributed by atoms with E-state index < -0.39 is 54.6 Å². The minimum atomic E-state index is -2.05. The first-order valence-electron chi connectivity index (χ1n) is 13.0. The van der Waals surface area contributed by atoms with E-state index in [-0.39, 0.29) is 43.7 Å². The minimum absolute atomic E-state index is 0.0143. The number of aliphatic hydroxyl groups excluding tert-OH is 2. The van der Waals surface area contributed by atoms with Gasteiger partial charge in [-0.25, -0.2) is 0 Å². The Kier molecular flexibility index (Phi) is 9.02. The Labute approximate surface area is 216 Å². The molecule has 4 aliphatic rings. The summed E-state index contributed by atoms with van der Waals surface area (Å²) in [5.41, 5.74) is 0.962. The fraction of sp³-hybridized carbons (Fsp3) is 0.760. The van der Waals surface area contributed by atoms with Gasteiger partial charge in [0, 0.05) is 13.0 Å². The third-order valence-electron chi connectivity index (χ3n) is 7.60. The summed E-state index contributed by atoms with van der Waals surface area (Å²) in [6.07, 6.45) is 2.84. The number of likely N-dealkylation sites (N-methyl/N-ethyl adjacent to an activating group) is 2. The van der Waals surface area contributed by atoms with Gasteiger partial charge in [0.25, 0.3) is 0 Å². The Balaban J connectivity index is 1.38. The molecule has 0 bridgehead atoms. The van der Waals surface area contributed by atoms with E-state index >= 15 is 0 Å². The molecule has 0 aromatic carbocycles. The van der Waals surface area contributed by atoms with Crippen LogP contribution in [0.15, 0.2) is 23.8 Å². The fourth-order valence-electron chi connectivity index (χ4n) is 5.65.